The minimum atomic E-state index is -0.123. The molecule has 3 aromatic rings. The van der Waals surface area contributed by atoms with E-state index in [4.69, 9.17) is 0 Å². The Morgan fingerprint density at radius 2 is 1.95 bits per heavy atom. The average molecular weight is 318 g/mol. The summed E-state index contributed by atoms with van der Waals surface area (Å²) in [4.78, 5) is 11.9. The molecule has 0 spiro atoms. The Hall–Kier alpha value is -1.88. The van der Waals surface area contributed by atoms with Crippen molar-refractivity contribution in [1.82, 2.24) is 14.2 Å². The maximum Gasteiger partial charge on any atom is 0.274 e. The highest BCUT2D eigenvalue weighted by molar-refractivity contribution is 9.10. The summed E-state index contributed by atoms with van der Waals surface area (Å²) in [6.07, 6.45) is 1.79. The van der Waals surface area contributed by atoms with E-state index in [0.717, 1.165) is 27.9 Å². The highest BCUT2D eigenvalue weighted by Gasteiger charge is 2.15. The number of benzene rings is 1. The number of hydrogen-bond donors (Lipinski definition) is 0. The number of hydrogen-bond acceptors (Lipinski definition) is 2. The second-order valence-electron chi connectivity index (χ2n) is 4.20. The fourth-order valence-corrected chi connectivity index (χ4v) is 2.83. The van der Waals surface area contributed by atoms with Crippen LogP contribution in [0.5, 0.6) is 0 Å². The Morgan fingerprint density at radius 1 is 1.21 bits per heavy atom. The third-order valence-electron chi connectivity index (χ3n) is 3.07. The largest absolute Gasteiger partial charge is 0.332 e. The van der Waals surface area contributed by atoms with Gasteiger partial charge in [-0.2, -0.15) is 9.61 Å². The first-order valence-electron chi connectivity index (χ1n) is 6.05. The van der Waals surface area contributed by atoms with Crippen LogP contribution in [-0.2, 0) is 6.54 Å². The summed E-state index contributed by atoms with van der Waals surface area (Å²) < 4.78 is 4.28. The first kappa shape index (κ1) is 12.2. The van der Waals surface area contributed by atoms with Gasteiger partial charge in [-0.3, -0.25) is 4.79 Å². The maximum absolute atomic E-state index is 11.9. The Balaban J connectivity index is 2.38. The molecule has 0 saturated heterocycles. The molecule has 1 aromatic carbocycles. The lowest BCUT2D eigenvalue weighted by atomic mass is 10.2. The Kier molecular flexibility index (Phi) is 2.98. The molecule has 3 rings (SSSR count). The van der Waals surface area contributed by atoms with Crippen molar-refractivity contribution in [2.45, 2.75) is 13.5 Å². The van der Waals surface area contributed by atoms with Crippen molar-refractivity contribution in [3.05, 3.63) is 57.4 Å². The lowest BCUT2D eigenvalue weighted by Gasteiger charge is -2.04. The van der Waals surface area contributed by atoms with E-state index < -0.39 is 0 Å². The molecule has 2 heterocycles. The second-order valence-corrected chi connectivity index (χ2v) is 5.00. The van der Waals surface area contributed by atoms with Crippen LogP contribution in [0.2, 0.25) is 0 Å². The number of fused-ring (bicyclic) bond motifs is 1. The van der Waals surface area contributed by atoms with Crippen LogP contribution >= 0.6 is 15.9 Å². The Labute approximate surface area is 118 Å². The molecule has 96 valence electrons. The summed E-state index contributed by atoms with van der Waals surface area (Å²) in [5, 5.41) is 4.43. The lowest BCUT2D eigenvalue weighted by Crippen LogP contribution is -2.16. The number of aryl methyl sites for hydroxylation is 1. The Bertz CT molecular complexity index is 790. The fourth-order valence-electron chi connectivity index (χ4n) is 2.12. The zero-order valence-electron chi connectivity index (χ0n) is 10.4. The molecular weight excluding hydrogens is 306 g/mol. The van der Waals surface area contributed by atoms with Crippen molar-refractivity contribution in [3.63, 3.8) is 0 Å². The van der Waals surface area contributed by atoms with Crippen molar-refractivity contribution in [1.29, 1.82) is 0 Å². The average Bonchev–Trinajstić information content (AvgIpc) is 2.80. The molecule has 0 saturated carbocycles. The van der Waals surface area contributed by atoms with Gasteiger partial charge in [0.2, 0.25) is 0 Å². The van der Waals surface area contributed by atoms with Crippen LogP contribution in [0.15, 0.2) is 51.9 Å². The van der Waals surface area contributed by atoms with Crippen LogP contribution in [0.3, 0.4) is 0 Å². The predicted octanol–water partition coefficient (Wildman–Crippen LogP) is 2.95. The molecule has 0 aliphatic rings. The SMILES string of the molecule is CCn1ccc(=O)n2nc(-c3ccccc3)c(Br)c12. The molecule has 0 fully saturated rings. The highest BCUT2D eigenvalue weighted by atomic mass is 79.9. The van der Waals surface area contributed by atoms with E-state index in [1.165, 1.54) is 10.6 Å². The fraction of sp³-hybridized carbons (Fsp3) is 0.143. The summed E-state index contributed by atoms with van der Waals surface area (Å²) in [5.74, 6) is 0. The minimum Gasteiger partial charge on any atom is -0.332 e. The molecule has 2 aromatic heterocycles. The van der Waals surface area contributed by atoms with Gasteiger partial charge in [0.25, 0.3) is 5.56 Å². The molecule has 0 aliphatic heterocycles. The van der Waals surface area contributed by atoms with Gasteiger partial charge in [0.15, 0.2) is 5.65 Å². The smallest absolute Gasteiger partial charge is 0.274 e. The molecule has 0 amide bonds. The zero-order valence-corrected chi connectivity index (χ0v) is 12.0. The third kappa shape index (κ3) is 1.90. The van der Waals surface area contributed by atoms with Gasteiger partial charge in [0, 0.05) is 24.4 Å². The monoisotopic (exact) mass is 317 g/mol. The number of halogens is 1. The number of rotatable bonds is 2. The number of nitrogens with zero attached hydrogens (tertiary/aromatic N) is 3. The van der Waals surface area contributed by atoms with E-state index >= 15 is 0 Å². The number of aromatic nitrogens is 3. The van der Waals surface area contributed by atoms with Gasteiger partial charge < -0.3 is 4.57 Å². The van der Waals surface area contributed by atoms with E-state index in [0.29, 0.717) is 0 Å². The first-order valence-corrected chi connectivity index (χ1v) is 6.84. The predicted molar refractivity (Wildman–Crippen MR) is 78.3 cm³/mol. The summed E-state index contributed by atoms with van der Waals surface area (Å²) in [6, 6.07) is 11.4. The second kappa shape index (κ2) is 4.66. The van der Waals surface area contributed by atoms with Crippen molar-refractivity contribution in [2.75, 3.05) is 0 Å². The third-order valence-corrected chi connectivity index (χ3v) is 3.80. The highest BCUT2D eigenvalue weighted by Crippen LogP contribution is 2.29. The van der Waals surface area contributed by atoms with Crippen LogP contribution in [0.25, 0.3) is 16.9 Å². The van der Waals surface area contributed by atoms with E-state index in [9.17, 15) is 4.79 Å². The van der Waals surface area contributed by atoms with E-state index in [2.05, 4.69) is 21.0 Å². The molecule has 0 unspecified atom stereocenters. The van der Waals surface area contributed by atoms with Crippen LogP contribution in [0, 0.1) is 0 Å². The molecule has 0 aliphatic carbocycles. The molecule has 0 atom stereocenters. The summed E-state index contributed by atoms with van der Waals surface area (Å²) in [7, 11) is 0. The zero-order chi connectivity index (χ0) is 13.4. The molecule has 19 heavy (non-hydrogen) atoms. The van der Waals surface area contributed by atoms with Gasteiger partial charge in [-0.1, -0.05) is 30.3 Å². The maximum atomic E-state index is 11.9. The molecule has 4 nitrogen and oxygen atoms in total. The Morgan fingerprint density at radius 3 is 2.63 bits per heavy atom. The van der Waals surface area contributed by atoms with E-state index in [1.54, 1.807) is 6.20 Å². The van der Waals surface area contributed by atoms with Crippen molar-refractivity contribution in [3.8, 4) is 11.3 Å². The summed E-state index contributed by atoms with van der Waals surface area (Å²) >= 11 is 3.57. The van der Waals surface area contributed by atoms with Gasteiger partial charge in [0.05, 0.1) is 4.47 Å². The molecule has 5 heteroatoms. The molecular formula is C14H12BrN3O. The topological polar surface area (TPSA) is 39.3 Å². The van der Waals surface area contributed by atoms with Gasteiger partial charge in [-0.15, -0.1) is 0 Å². The lowest BCUT2D eigenvalue weighted by molar-refractivity contribution is 0.738. The van der Waals surface area contributed by atoms with Crippen LogP contribution in [0.1, 0.15) is 6.92 Å². The summed E-state index contributed by atoms with van der Waals surface area (Å²) in [6.45, 7) is 2.81. The first-order chi connectivity index (χ1) is 9.22. The van der Waals surface area contributed by atoms with Gasteiger partial charge >= 0.3 is 0 Å². The van der Waals surface area contributed by atoms with Crippen molar-refractivity contribution in [2.24, 2.45) is 0 Å². The minimum absolute atomic E-state index is 0.123. The van der Waals surface area contributed by atoms with Gasteiger partial charge in [-0.25, -0.2) is 0 Å². The molecule has 0 N–H and O–H groups in total. The van der Waals surface area contributed by atoms with Crippen LogP contribution in [0.4, 0.5) is 0 Å². The summed E-state index contributed by atoms with van der Waals surface area (Å²) in [5.41, 5.74) is 2.43. The molecule has 0 radical (unpaired) electrons. The van der Waals surface area contributed by atoms with E-state index in [-0.39, 0.29) is 5.56 Å². The van der Waals surface area contributed by atoms with Crippen molar-refractivity contribution < 1.29 is 0 Å². The standard InChI is InChI=1S/C14H12BrN3O/c1-2-17-9-8-11(19)18-14(17)12(15)13(16-18)10-6-4-3-5-7-10/h3-9H,2H2,1H3. The van der Waals surface area contributed by atoms with Crippen LogP contribution < -0.4 is 5.56 Å². The van der Waals surface area contributed by atoms with Gasteiger partial charge in [-0.05, 0) is 22.9 Å². The normalized spacial score (nSPS) is 11.1. The van der Waals surface area contributed by atoms with Gasteiger partial charge in [0.1, 0.15) is 5.69 Å². The molecule has 0 bridgehead atoms. The van der Waals surface area contributed by atoms with Crippen molar-refractivity contribution >= 4 is 21.6 Å². The quantitative estimate of drug-likeness (QED) is 0.729. The van der Waals surface area contributed by atoms with Crippen LogP contribution in [-0.4, -0.2) is 14.2 Å². The van der Waals surface area contributed by atoms with E-state index in [1.807, 2.05) is 41.8 Å².